The maximum absolute atomic E-state index is 10.6. The number of rotatable bonds is 7. The van der Waals surface area contributed by atoms with E-state index < -0.39 is 5.60 Å². The van der Waals surface area contributed by atoms with Gasteiger partial charge in [0, 0.05) is 31.9 Å². The molecule has 1 fully saturated rings. The third-order valence-electron chi connectivity index (χ3n) is 4.87. The lowest BCUT2D eigenvalue weighted by Gasteiger charge is -2.19. The van der Waals surface area contributed by atoms with Crippen molar-refractivity contribution < 1.29 is 9.90 Å². The predicted octanol–water partition coefficient (Wildman–Crippen LogP) is 2.58. The summed E-state index contributed by atoms with van der Waals surface area (Å²) in [4.78, 5) is 16.2. The number of carbonyl (C=O) groups is 1. The number of likely N-dealkylation sites (N-methyl/N-ethyl adjacent to an activating group) is 1. The first kappa shape index (κ1) is 21.9. The molecule has 28 heavy (non-hydrogen) atoms. The molecule has 0 radical (unpaired) electrons. The molecule has 2 aromatic rings. The van der Waals surface area contributed by atoms with E-state index in [1.807, 2.05) is 6.92 Å². The monoisotopic (exact) mass is 387 g/mol. The number of anilines is 1. The molecule has 3 rings (SSSR count). The fourth-order valence-corrected chi connectivity index (χ4v) is 3.06. The van der Waals surface area contributed by atoms with Gasteiger partial charge in [0.2, 0.25) is 6.41 Å². The molecular formula is C21H33N5O2. The van der Waals surface area contributed by atoms with E-state index >= 15 is 0 Å². The van der Waals surface area contributed by atoms with Gasteiger partial charge in [-0.1, -0.05) is 18.2 Å². The van der Waals surface area contributed by atoms with Crippen LogP contribution in [0.4, 0.5) is 5.69 Å². The minimum atomic E-state index is -0.979. The topological polar surface area (TPSA) is 74.5 Å². The van der Waals surface area contributed by atoms with Crippen molar-refractivity contribution in [2.75, 3.05) is 31.1 Å². The van der Waals surface area contributed by atoms with E-state index in [1.54, 1.807) is 18.7 Å². The van der Waals surface area contributed by atoms with Gasteiger partial charge in [-0.25, -0.2) is 0 Å². The summed E-state index contributed by atoms with van der Waals surface area (Å²) in [6, 6.07) is 8.64. The summed E-state index contributed by atoms with van der Waals surface area (Å²) in [6.07, 6.45) is 5.06. The highest BCUT2D eigenvalue weighted by Gasteiger charge is 2.19. The van der Waals surface area contributed by atoms with Crippen LogP contribution in [0.5, 0.6) is 0 Å². The molecule has 2 heterocycles. The van der Waals surface area contributed by atoms with Crippen LogP contribution < -0.4 is 4.90 Å². The van der Waals surface area contributed by atoms with Crippen molar-refractivity contribution in [2.45, 2.75) is 52.7 Å². The lowest BCUT2D eigenvalue weighted by atomic mass is 10.1. The lowest BCUT2D eigenvalue weighted by molar-refractivity contribution is -0.118. The third-order valence-corrected chi connectivity index (χ3v) is 4.87. The maximum atomic E-state index is 10.6. The van der Waals surface area contributed by atoms with Crippen LogP contribution in [0.2, 0.25) is 0 Å². The Labute approximate surface area is 168 Å². The average molecular weight is 388 g/mol. The normalized spacial score (nSPS) is 13.8. The molecule has 1 aromatic carbocycles. The molecule has 0 spiro atoms. The zero-order chi connectivity index (χ0) is 20.6. The van der Waals surface area contributed by atoms with Crippen molar-refractivity contribution >= 4 is 12.1 Å². The molecule has 0 unspecified atom stereocenters. The number of aromatic nitrogens is 3. The fourth-order valence-electron chi connectivity index (χ4n) is 3.06. The quantitative estimate of drug-likeness (QED) is 0.739. The van der Waals surface area contributed by atoms with Crippen molar-refractivity contribution in [1.29, 1.82) is 0 Å². The Morgan fingerprint density at radius 1 is 1.25 bits per heavy atom. The molecule has 0 bridgehead atoms. The first-order valence-corrected chi connectivity index (χ1v) is 9.98. The van der Waals surface area contributed by atoms with Crippen molar-refractivity contribution in [3.05, 3.63) is 41.7 Å². The number of nitrogens with zero attached hydrogens (tertiary/aromatic N) is 5. The van der Waals surface area contributed by atoms with Gasteiger partial charge in [0.05, 0.1) is 12.7 Å². The van der Waals surface area contributed by atoms with Crippen molar-refractivity contribution in [2.24, 2.45) is 0 Å². The van der Waals surface area contributed by atoms with Crippen LogP contribution in [-0.2, 0) is 16.9 Å². The summed E-state index contributed by atoms with van der Waals surface area (Å²) in [5, 5.41) is 17.9. The highest BCUT2D eigenvalue weighted by atomic mass is 16.3. The summed E-state index contributed by atoms with van der Waals surface area (Å²) in [6.45, 7) is 11.7. The van der Waals surface area contributed by atoms with Gasteiger partial charge in [-0.2, -0.15) is 15.0 Å². The Morgan fingerprint density at radius 2 is 1.93 bits per heavy atom. The lowest BCUT2D eigenvalue weighted by Crippen LogP contribution is -2.26. The SMILES string of the molecule is CCN(C=O)CCn1ncc(C(C)(C)O)n1.Cc1ccccc1N1CCCC1. The van der Waals surface area contributed by atoms with Crippen LogP contribution in [0.25, 0.3) is 0 Å². The molecule has 154 valence electrons. The second-order valence-electron chi connectivity index (χ2n) is 7.60. The van der Waals surface area contributed by atoms with Gasteiger partial charge in [-0.3, -0.25) is 4.79 Å². The summed E-state index contributed by atoms with van der Waals surface area (Å²) in [5.74, 6) is 0. The number of hydrogen-bond acceptors (Lipinski definition) is 5. The molecule has 1 aliphatic heterocycles. The molecule has 0 atom stereocenters. The van der Waals surface area contributed by atoms with Crippen molar-refractivity contribution in [1.82, 2.24) is 19.9 Å². The number of aliphatic hydroxyl groups is 1. The number of carbonyl (C=O) groups excluding carboxylic acids is 1. The summed E-state index contributed by atoms with van der Waals surface area (Å²) in [5.41, 5.74) is 2.38. The fraction of sp³-hybridized carbons (Fsp3) is 0.571. The molecule has 7 heteroatoms. The van der Waals surface area contributed by atoms with Gasteiger partial charge in [0.15, 0.2) is 0 Å². The van der Waals surface area contributed by atoms with E-state index in [4.69, 9.17) is 0 Å². The molecule has 0 saturated carbocycles. The van der Waals surface area contributed by atoms with Gasteiger partial charge >= 0.3 is 0 Å². The van der Waals surface area contributed by atoms with Crippen LogP contribution in [-0.4, -0.2) is 57.6 Å². The van der Waals surface area contributed by atoms with Gasteiger partial charge in [-0.15, -0.1) is 0 Å². The molecule has 0 aliphatic carbocycles. The molecule has 1 amide bonds. The molecule has 1 aromatic heterocycles. The van der Waals surface area contributed by atoms with Crippen molar-refractivity contribution in [3.63, 3.8) is 0 Å². The Kier molecular flexibility index (Phi) is 7.99. The molecule has 1 N–H and O–H groups in total. The average Bonchev–Trinajstić information content (AvgIpc) is 3.35. The number of para-hydroxylation sites is 1. The zero-order valence-electron chi connectivity index (χ0n) is 17.5. The van der Waals surface area contributed by atoms with Crippen LogP contribution in [0.3, 0.4) is 0 Å². The van der Waals surface area contributed by atoms with E-state index in [-0.39, 0.29) is 0 Å². The van der Waals surface area contributed by atoms with Crippen LogP contribution in [0.1, 0.15) is 44.9 Å². The largest absolute Gasteiger partial charge is 0.384 e. The highest BCUT2D eigenvalue weighted by molar-refractivity contribution is 5.53. The highest BCUT2D eigenvalue weighted by Crippen LogP contribution is 2.23. The van der Waals surface area contributed by atoms with Gasteiger partial charge in [0.1, 0.15) is 11.3 Å². The van der Waals surface area contributed by atoms with E-state index in [1.165, 1.54) is 48.2 Å². The third kappa shape index (κ3) is 6.34. The van der Waals surface area contributed by atoms with E-state index in [0.717, 1.165) is 6.41 Å². The minimum Gasteiger partial charge on any atom is -0.384 e. The van der Waals surface area contributed by atoms with E-state index in [0.29, 0.717) is 25.3 Å². The number of hydrogen-bond donors (Lipinski definition) is 1. The van der Waals surface area contributed by atoms with E-state index in [9.17, 15) is 9.90 Å². The van der Waals surface area contributed by atoms with E-state index in [2.05, 4.69) is 46.3 Å². The van der Waals surface area contributed by atoms with Crippen LogP contribution >= 0.6 is 0 Å². The Bertz CT molecular complexity index is 732. The Morgan fingerprint density at radius 3 is 2.46 bits per heavy atom. The van der Waals surface area contributed by atoms with Gasteiger partial charge in [0.25, 0.3) is 0 Å². The molecular weight excluding hydrogens is 354 g/mol. The molecule has 1 saturated heterocycles. The predicted molar refractivity (Wildman–Crippen MR) is 111 cm³/mol. The minimum absolute atomic E-state index is 0.529. The number of benzene rings is 1. The van der Waals surface area contributed by atoms with Crippen LogP contribution in [0.15, 0.2) is 30.5 Å². The zero-order valence-corrected chi connectivity index (χ0v) is 17.5. The first-order chi connectivity index (χ1) is 13.3. The summed E-state index contributed by atoms with van der Waals surface area (Å²) < 4.78 is 0. The van der Waals surface area contributed by atoms with Crippen molar-refractivity contribution in [3.8, 4) is 0 Å². The maximum Gasteiger partial charge on any atom is 0.209 e. The Balaban J connectivity index is 0.000000207. The standard InChI is InChI=1S/C11H15N.C10H18N4O2/c1-10-6-2-3-7-11(10)12-8-4-5-9-12;1-4-13(8-15)5-6-14-11-7-9(12-14)10(2,3)16/h2-3,6-7H,4-5,8-9H2,1H3;7-8,16H,4-6H2,1-3H3. The number of amides is 1. The summed E-state index contributed by atoms with van der Waals surface area (Å²) in [7, 11) is 0. The molecule has 7 nitrogen and oxygen atoms in total. The first-order valence-electron chi connectivity index (χ1n) is 9.98. The second kappa shape index (κ2) is 10.2. The smallest absolute Gasteiger partial charge is 0.209 e. The van der Waals surface area contributed by atoms with Gasteiger partial charge in [-0.05, 0) is 52.2 Å². The number of aryl methyl sites for hydroxylation is 1. The Hall–Kier alpha value is -2.41. The second-order valence-corrected chi connectivity index (χ2v) is 7.60. The van der Waals surface area contributed by atoms with Crippen LogP contribution in [0, 0.1) is 6.92 Å². The van der Waals surface area contributed by atoms with Gasteiger partial charge < -0.3 is 14.9 Å². The summed E-state index contributed by atoms with van der Waals surface area (Å²) >= 11 is 0. The molecule has 1 aliphatic rings.